The molecule has 0 bridgehead atoms. The Bertz CT molecular complexity index is 593. The Kier molecular flexibility index (Phi) is 9.70. The van der Waals surface area contributed by atoms with Crippen LogP contribution >= 0.6 is 35.3 Å². The number of rotatable bonds is 8. The van der Waals surface area contributed by atoms with Gasteiger partial charge in [-0.05, 0) is 30.7 Å². The summed E-state index contributed by atoms with van der Waals surface area (Å²) in [7, 11) is 0. The second kappa shape index (κ2) is 11.3. The van der Waals surface area contributed by atoms with Gasteiger partial charge in [0.1, 0.15) is 5.76 Å². The van der Waals surface area contributed by atoms with E-state index in [1.807, 2.05) is 29.5 Å². The van der Waals surface area contributed by atoms with Crippen LogP contribution in [0, 0.1) is 0 Å². The van der Waals surface area contributed by atoms with E-state index in [1.54, 1.807) is 6.26 Å². The fourth-order valence-electron chi connectivity index (χ4n) is 1.96. The third kappa shape index (κ3) is 7.22. The van der Waals surface area contributed by atoms with Crippen LogP contribution in [0.1, 0.15) is 22.4 Å². The number of guanidine groups is 1. The van der Waals surface area contributed by atoms with E-state index in [4.69, 9.17) is 4.42 Å². The molecule has 2 N–H and O–H groups in total. The molecule has 0 saturated heterocycles. The average Bonchev–Trinajstić information content (AvgIpc) is 3.20. The van der Waals surface area contributed by atoms with Gasteiger partial charge in [0, 0.05) is 29.3 Å². The maximum absolute atomic E-state index is 5.33. The van der Waals surface area contributed by atoms with Gasteiger partial charge in [0.05, 0.1) is 12.8 Å². The summed E-state index contributed by atoms with van der Waals surface area (Å²) >= 11 is 1.82. The molecule has 23 heavy (non-hydrogen) atoms. The largest absolute Gasteiger partial charge is 0.469 e. The van der Waals surface area contributed by atoms with Gasteiger partial charge in [-0.25, -0.2) is 4.99 Å². The van der Waals surface area contributed by atoms with Crippen LogP contribution in [-0.4, -0.2) is 19.0 Å². The van der Waals surface area contributed by atoms with Gasteiger partial charge >= 0.3 is 0 Å². The molecule has 0 spiro atoms. The Morgan fingerprint density at radius 1 is 1.30 bits per heavy atom. The van der Waals surface area contributed by atoms with E-state index >= 15 is 0 Å². The maximum Gasteiger partial charge on any atom is 0.191 e. The van der Waals surface area contributed by atoms with Crippen LogP contribution in [0.5, 0.6) is 0 Å². The molecule has 0 aliphatic rings. The second-order valence-corrected chi connectivity index (χ2v) is 6.07. The SMILES string of the molecule is C=CCNC(=NCc1ccc(CC)s1)NCCc1ccco1.I. The van der Waals surface area contributed by atoms with Crippen molar-refractivity contribution in [1.82, 2.24) is 10.6 Å². The molecule has 0 amide bonds. The number of furan rings is 1. The highest BCUT2D eigenvalue weighted by Gasteiger charge is 2.01. The van der Waals surface area contributed by atoms with Crippen LogP contribution in [0.3, 0.4) is 0 Å². The Morgan fingerprint density at radius 3 is 2.78 bits per heavy atom. The smallest absolute Gasteiger partial charge is 0.191 e. The van der Waals surface area contributed by atoms with Crippen LogP contribution < -0.4 is 10.6 Å². The minimum Gasteiger partial charge on any atom is -0.469 e. The molecule has 6 heteroatoms. The molecule has 0 radical (unpaired) electrons. The summed E-state index contributed by atoms with van der Waals surface area (Å²) in [6.45, 7) is 8.06. The van der Waals surface area contributed by atoms with Crippen molar-refractivity contribution in [2.45, 2.75) is 26.3 Å². The normalized spacial score (nSPS) is 10.9. The number of nitrogens with zero attached hydrogens (tertiary/aromatic N) is 1. The van der Waals surface area contributed by atoms with Crippen molar-refractivity contribution in [3.63, 3.8) is 0 Å². The third-order valence-electron chi connectivity index (χ3n) is 3.12. The highest BCUT2D eigenvalue weighted by atomic mass is 127. The topological polar surface area (TPSA) is 49.6 Å². The number of hydrogen-bond acceptors (Lipinski definition) is 3. The molecule has 0 aromatic carbocycles. The zero-order chi connectivity index (χ0) is 15.6. The minimum absolute atomic E-state index is 0. The van der Waals surface area contributed by atoms with Crippen LogP contribution in [0.15, 0.2) is 52.6 Å². The molecule has 0 aliphatic heterocycles. The van der Waals surface area contributed by atoms with Crippen molar-refractivity contribution >= 4 is 41.3 Å². The molecule has 126 valence electrons. The number of thiophene rings is 1. The Hall–Kier alpha value is -1.28. The maximum atomic E-state index is 5.33. The molecule has 2 rings (SSSR count). The molecule has 2 aromatic heterocycles. The summed E-state index contributed by atoms with van der Waals surface area (Å²) in [5.41, 5.74) is 0. The van der Waals surface area contributed by atoms with Crippen LogP contribution in [0.25, 0.3) is 0 Å². The first-order valence-corrected chi connectivity index (χ1v) is 8.36. The van der Waals surface area contributed by atoms with E-state index in [0.29, 0.717) is 13.1 Å². The zero-order valence-electron chi connectivity index (χ0n) is 13.4. The highest BCUT2D eigenvalue weighted by Crippen LogP contribution is 2.17. The summed E-state index contributed by atoms with van der Waals surface area (Å²) < 4.78 is 5.33. The van der Waals surface area contributed by atoms with Crippen molar-refractivity contribution in [1.29, 1.82) is 0 Å². The second-order valence-electron chi connectivity index (χ2n) is 4.81. The van der Waals surface area contributed by atoms with Gasteiger partial charge in [-0.15, -0.1) is 41.9 Å². The van der Waals surface area contributed by atoms with E-state index < -0.39 is 0 Å². The van der Waals surface area contributed by atoms with Gasteiger partial charge in [-0.3, -0.25) is 0 Å². The van der Waals surface area contributed by atoms with Gasteiger partial charge in [-0.1, -0.05) is 13.0 Å². The number of halogens is 1. The standard InChI is InChI=1S/C17H23N3OS.HI/c1-3-10-18-17(19-11-9-14-6-5-12-21-14)20-13-16-8-7-15(4-2)22-16;/h3,5-8,12H,1,4,9-11,13H2,2H3,(H2,18,19,20);1H. The lowest BCUT2D eigenvalue weighted by Crippen LogP contribution is -2.38. The monoisotopic (exact) mass is 445 g/mol. The fraction of sp³-hybridized carbons (Fsp3) is 0.353. The average molecular weight is 445 g/mol. The first-order valence-electron chi connectivity index (χ1n) is 7.55. The molecule has 2 heterocycles. The lowest BCUT2D eigenvalue weighted by Gasteiger charge is -2.10. The van der Waals surface area contributed by atoms with Gasteiger partial charge < -0.3 is 15.1 Å². The molecule has 2 aromatic rings. The Labute approximate surface area is 159 Å². The van der Waals surface area contributed by atoms with E-state index in [0.717, 1.165) is 31.1 Å². The predicted molar refractivity (Wildman–Crippen MR) is 109 cm³/mol. The summed E-state index contributed by atoms with van der Waals surface area (Å²) in [4.78, 5) is 7.30. The summed E-state index contributed by atoms with van der Waals surface area (Å²) in [5, 5.41) is 6.56. The zero-order valence-corrected chi connectivity index (χ0v) is 16.5. The number of nitrogens with one attached hydrogen (secondary N) is 2. The van der Waals surface area contributed by atoms with E-state index in [2.05, 4.69) is 41.3 Å². The summed E-state index contributed by atoms with van der Waals surface area (Å²) in [5.74, 6) is 1.78. The molecule has 0 aliphatic carbocycles. The van der Waals surface area contributed by atoms with E-state index in [-0.39, 0.29) is 24.0 Å². The van der Waals surface area contributed by atoms with Gasteiger partial charge in [0.15, 0.2) is 5.96 Å². The Balaban J connectivity index is 0.00000264. The molecule has 0 atom stereocenters. The third-order valence-corrected chi connectivity index (χ3v) is 4.33. The van der Waals surface area contributed by atoms with Crippen LogP contribution in [0.2, 0.25) is 0 Å². The summed E-state index contributed by atoms with van der Waals surface area (Å²) in [6, 6.07) is 8.22. The van der Waals surface area contributed by atoms with Crippen molar-refractivity contribution in [2.24, 2.45) is 4.99 Å². The molecule has 4 nitrogen and oxygen atoms in total. The first kappa shape index (κ1) is 19.8. The van der Waals surface area contributed by atoms with E-state index in [1.165, 1.54) is 9.75 Å². The molecule has 0 unspecified atom stereocenters. The highest BCUT2D eigenvalue weighted by molar-refractivity contribution is 14.0. The predicted octanol–water partition coefficient (Wildman–Crippen LogP) is 3.99. The molecular weight excluding hydrogens is 421 g/mol. The fourth-order valence-corrected chi connectivity index (χ4v) is 2.84. The summed E-state index contributed by atoms with van der Waals surface area (Å²) in [6.07, 6.45) is 5.44. The Morgan fingerprint density at radius 2 is 2.13 bits per heavy atom. The van der Waals surface area contributed by atoms with Crippen molar-refractivity contribution < 1.29 is 4.42 Å². The van der Waals surface area contributed by atoms with Crippen molar-refractivity contribution in [3.8, 4) is 0 Å². The van der Waals surface area contributed by atoms with Crippen molar-refractivity contribution in [2.75, 3.05) is 13.1 Å². The molecule has 0 saturated carbocycles. The quantitative estimate of drug-likeness (QED) is 0.280. The number of hydrogen-bond donors (Lipinski definition) is 2. The lowest BCUT2D eigenvalue weighted by atomic mass is 10.3. The van der Waals surface area contributed by atoms with Crippen molar-refractivity contribution in [3.05, 3.63) is 58.7 Å². The lowest BCUT2D eigenvalue weighted by molar-refractivity contribution is 0.507. The first-order chi connectivity index (χ1) is 10.8. The minimum atomic E-state index is 0. The van der Waals surface area contributed by atoms with Gasteiger partial charge in [-0.2, -0.15) is 0 Å². The molecular formula is C17H24IN3OS. The number of aryl methyl sites for hydroxylation is 1. The van der Waals surface area contributed by atoms with Crippen LogP contribution in [-0.2, 0) is 19.4 Å². The number of aliphatic imine (C=N–C) groups is 1. The molecule has 0 fully saturated rings. The van der Waals surface area contributed by atoms with Gasteiger partial charge in [0.25, 0.3) is 0 Å². The van der Waals surface area contributed by atoms with Gasteiger partial charge in [0.2, 0.25) is 0 Å². The van der Waals surface area contributed by atoms with E-state index in [9.17, 15) is 0 Å². The van der Waals surface area contributed by atoms with Crippen LogP contribution in [0.4, 0.5) is 0 Å².